The number of ether oxygens (including phenoxy) is 2. The van der Waals surface area contributed by atoms with Crippen molar-refractivity contribution in [2.24, 2.45) is 5.14 Å². The first kappa shape index (κ1) is 22.4. The maximum absolute atomic E-state index is 11.2. The molecule has 3 aromatic rings. The Bertz CT molecular complexity index is 1160. The second-order valence-corrected chi connectivity index (χ2v) is 9.07. The number of nitrogens with zero attached hydrogens (tertiary/aromatic N) is 4. The van der Waals surface area contributed by atoms with Gasteiger partial charge in [0.15, 0.2) is 23.2 Å². The minimum Gasteiger partial charge on any atom is -0.492 e. The molecule has 1 aromatic carbocycles. The van der Waals surface area contributed by atoms with E-state index in [1.54, 1.807) is 0 Å². The van der Waals surface area contributed by atoms with Gasteiger partial charge in [-0.1, -0.05) is 18.2 Å². The van der Waals surface area contributed by atoms with Crippen LogP contribution in [0.5, 0.6) is 5.75 Å². The second-order valence-electron chi connectivity index (χ2n) is 7.34. The number of aromatic nitrogens is 4. The van der Waals surface area contributed by atoms with Gasteiger partial charge in [-0.05, 0) is 18.6 Å². The summed E-state index contributed by atoms with van der Waals surface area (Å²) in [6, 6.07) is 9.41. The molecule has 12 nitrogen and oxygen atoms in total. The fraction of sp³-hybridized carbons (Fsp3) is 0.421. The van der Waals surface area contributed by atoms with Crippen molar-refractivity contribution in [3.63, 3.8) is 0 Å². The molecule has 0 spiro atoms. The Morgan fingerprint density at radius 3 is 2.69 bits per heavy atom. The Morgan fingerprint density at radius 1 is 1.16 bits per heavy atom. The van der Waals surface area contributed by atoms with E-state index >= 15 is 0 Å². The van der Waals surface area contributed by atoms with Gasteiger partial charge in [-0.25, -0.2) is 28.5 Å². The van der Waals surface area contributed by atoms with Crippen LogP contribution in [0.2, 0.25) is 0 Å². The number of benzene rings is 1. The highest BCUT2D eigenvalue weighted by Gasteiger charge is 2.44. The predicted octanol–water partition coefficient (Wildman–Crippen LogP) is -0.385. The molecule has 0 amide bonds. The van der Waals surface area contributed by atoms with Crippen LogP contribution in [0.3, 0.4) is 0 Å². The molecular weight excluding hydrogens is 440 g/mol. The van der Waals surface area contributed by atoms with Crippen LogP contribution in [0.15, 0.2) is 43.0 Å². The van der Waals surface area contributed by atoms with Crippen LogP contribution in [-0.4, -0.2) is 75.4 Å². The van der Waals surface area contributed by atoms with Gasteiger partial charge in [0, 0.05) is 0 Å². The van der Waals surface area contributed by atoms with Crippen LogP contribution in [0, 0.1) is 0 Å². The van der Waals surface area contributed by atoms with Crippen molar-refractivity contribution in [1.29, 1.82) is 0 Å². The van der Waals surface area contributed by atoms with Crippen molar-refractivity contribution in [2.45, 2.75) is 31.0 Å². The molecule has 0 aliphatic carbocycles. The van der Waals surface area contributed by atoms with Gasteiger partial charge >= 0.3 is 0 Å². The lowest BCUT2D eigenvalue weighted by Crippen LogP contribution is -2.33. The van der Waals surface area contributed by atoms with Crippen molar-refractivity contribution < 1.29 is 28.1 Å². The minimum absolute atomic E-state index is 0.0522. The Balaban J connectivity index is 1.44. The van der Waals surface area contributed by atoms with Gasteiger partial charge in [-0.2, -0.15) is 0 Å². The monoisotopic (exact) mass is 464 g/mol. The van der Waals surface area contributed by atoms with Crippen LogP contribution in [0.25, 0.3) is 11.2 Å². The third-order valence-corrected chi connectivity index (χ3v) is 5.87. The first-order chi connectivity index (χ1) is 15.3. The summed E-state index contributed by atoms with van der Waals surface area (Å²) in [7, 11) is -3.72. The number of aliphatic hydroxyl groups is 2. The summed E-state index contributed by atoms with van der Waals surface area (Å²) in [5.74, 6) is 0.860. The molecule has 0 unspecified atom stereocenters. The summed E-state index contributed by atoms with van der Waals surface area (Å²) >= 11 is 0. The smallest absolute Gasteiger partial charge is 0.209 e. The van der Waals surface area contributed by atoms with E-state index < -0.39 is 34.6 Å². The number of hydrogen-bond acceptors (Lipinski definition) is 10. The van der Waals surface area contributed by atoms with E-state index in [4.69, 9.17) is 14.6 Å². The standard InChI is InChI=1S/C19H24N6O6S/c20-32(28,29)9-6-13-15(26)16(27)19(31-13)25-11-24-14-17(22-10-23-18(14)25)21-7-8-30-12-4-2-1-3-5-12/h1-5,10-11,13,15-16,19,26-27H,6-9H2,(H2,20,28,29)(H,21,22,23)/t13-,15-,16-,19-/m1/s1. The molecule has 3 heterocycles. The summed E-state index contributed by atoms with van der Waals surface area (Å²) in [6.45, 7) is 0.864. The zero-order valence-electron chi connectivity index (χ0n) is 17.0. The van der Waals surface area contributed by atoms with Crippen LogP contribution in [-0.2, 0) is 14.8 Å². The van der Waals surface area contributed by atoms with Crippen molar-refractivity contribution in [2.75, 3.05) is 24.2 Å². The lowest BCUT2D eigenvalue weighted by atomic mass is 10.1. The average molecular weight is 465 g/mol. The maximum Gasteiger partial charge on any atom is 0.209 e. The highest BCUT2D eigenvalue weighted by molar-refractivity contribution is 7.89. The van der Waals surface area contributed by atoms with Crippen molar-refractivity contribution in [1.82, 2.24) is 19.5 Å². The van der Waals surface area contributed by atoms with E-state index in [0.717, 1.165) is 5.75 Å². The number of para-hydroxylation sites is 1. The van der Waals surface area contributed by atoms with Gasteiger partial charge < -0.3 is 25.0 Å². The number of anilines is 1. The fourth-order valence-corrected chi connectivity index (χ4v) is 4.06. The van der Waals surface area contributed by atoms with E-state index in [-0.39, 0.29) is 12.2 Å². The lowest BCUT2D eigenvalue weighted by Gasteiger charge is -2.16. The van der Waals surface area contributed by atoms with Crippen molar-refractivity contribution in [3.05, 3.63) is 43.0 Å². The number of nitrogens with two attached hydrogens (primary N) is 1. The summed E-state index contributed by atoms with van der Waals surface area (Å²) < 4.78 is 35.3. The highest BCUT2D eigenvalue weighted by Crippen LogP contribution is 2.33. The van der Waals surface area contributed by atoms with Gasteiger partial charge in [-0.3, -0.25) is 4.57 Å². The van der Waals surface area contributed by atoms with E-state index in [9.17, 15) is 18.6 Å². The topological polar surface area (TPSA) is 175 Å². The first-order valence-corrected chi connectivity index (χ1v) is 11.7. The number of nitrogens with one attached hydrogen (secondary N) is 1. The molecule has 1 aliphatic heterocycles. The van der Waals surface area contributed by atoms with E-state index in [2.05, 4.69) is 20.3 Å². The predicted molar refractivity (Wildman–Crippen MR) is 114 cm³/mol. The quantitative estimate of drug-likeness (QED) is 0.305. The zero-order chi connectivity index (χ0) is 22.7. The number of primary sulfonamides is 1. The van der Waals surface area contributed by atoms with Gasteiger partial charge in [0.05, 0.1) is 24.7 Å². The zero-order valence-corrected chi connectivity index (χ0v) is 17.8. The third-order valence-electron chi connectivity index (χ3n) is 5.06. The second kappa shape index (κ2) is 9.34. The molecule has 0 saturated carbocycles. The summed E-state index contributed by atoms with van der Waals surface area (Å²) in [4.78, 5) is 12.7. The van der Waals surface area contributed by atoms with E-state index in [1.807, 2.05) is 30.3 Å². The van der Waals surface area contributed by atoms with E-state index in [0.29, 0.717) is 30.1 Å². The van der Waals surface area contributed by atoms with Crippen molar-refractivity contribution in [3.8, 4) is 5.75 Å². The Hall–Kier alpha value is -2.84. The lowest BCUT2D eigenvalue weighted by molar-refractivity contribution is -0.0353. The number of rotatable bonds is 9. The molecule has 5 N–H and O–H groups in total. The molecule has 1 saturated heterocycles. The fourth-order valence-electron chi connectivity index (χ4n) is 3.50. The Morgan fingerprint density at radius 2 is 1.94 bits per heavy atom. The van der Waals surface area contributed by atoms with Gasteiger partial charge in [0.25, 0.3) is 0 Å². The number of sulfonamides is 1. The van der Waals surface area contributed by atoms with Crippen molar-refractivity contribution >= 4 is 27.0 Å². The maximum atomic E-state index is 11.2. The molecule has 1 fully saturated rings. The minimum atomic E-state index is -3.72. The molecule has 13 heteroatoms. The Kier molecular flexibility index (Phi) is 6.53. The number of imidazole rings is 1. The van der Waals surface area contributed by atoms with Crippen LogP contribution in [0.1, 0.15) is 12.6 Å². The SMILES string of the molecule is NS(=O)(=O)CC[C@H]1O[C@@H](n2cnc3c(NCCOc4ccccc4)ncnc32)[C@H](O)[C@@H]1O. The normalized spacial score (nSPS) is 23.5. The van der Waals surface area contributed by atoms with Crippen LogP contribution < -0.4 is 15.2 Å². The Labute approximate surface area is 184 Å². The first-order valence-electron chi connectivity index (χ1n) is 9.95. The largest absolute Gasteiger partial charge is 0.492 e. The van der Waals surface area contributed by atoms with Gasteiger partial charge in [0.1, 0.15) is 30.9 Å². The average Bonchev–Trinajstić information content (AvgIpc) is 3.32. The van der Waals surface area contributed by atoms with Crippen LogP contribution >= 0.6 is 0 Å². The highest BCUT2D eigenvalue weighted by atomic mass is 32.2. The summed E-state index contributed by atoms with van der Waals surface area (Å²) in [6.07, 6.45) is -1.77. The van der Waals surface area contributed by atoms with Gasteiger partial charge in [-0.15, -0.1) is 0 Å². The molecule has 32 heavy (non-hydrogen) atoms. The molecule has 0 radical (unpaired) electrons. The van der Waals surface area contributed by atoms with Gasteiger partial charge in [0.2, 0.25) is 10.0 Å². The summed E-state index contributed by atoms with van der Waals surface area (Å²) in [5, 5.41) is 28.9. The number of hydrogen-bond donors (Lipinski definition) is 4. The molecule has 4 rings (SSSR count). The molecular formula is C19H24N6O6S. The molecule has 2 aromatic heterocycles. The number of aliphatic hydroxyl groups excluding tert-OH is 2. The molecule has 4 atom stereocenters. The molecule has 1 aliphatic rings. The third kappa shape index (κ3) is 4.97. The summed E-state index contributed by atoms with van der Waals surface area (Å²) in [5.41, 5.74) is 0.834. The van der Waals surface area contributed by atoms with Crippen LogP contribution in [0.4, 0.5) is 5.82 Å². The molecule has 172 valence electrons. The molecule has 0 bridgehead atoms. The van der Waals surface area contributed by atoms with E-state index in [1.165, 1.54) is 17.2 Å². The number of fused-ring (bicyclic) bond motifs is 1.